The molecule has 0 radical (unpaired) electrons. The number of carbonyl (C=O) groups is 3. The van der Waals surface area contributed by atoms with Crippen LogP contribution in [0.4, 0.5) is 4.79 Å². The van der Waals surface area contributed by atoms with Crippen LogP contribution in [-0.4, -0.2) is 40.2 Å². The van der Waals surface area contributed by atoms with Gasteiger partial charge in [-0.3, -0.25) is 9.78 Å². The lowest BCUT2D eigenvalue weighted by molar-refractivity contribution is -0.143. The van der Waals surface area contributed by atoms with E-state index in [0.29, 0.717) is 5.69 Å². The number of aliphatic carboxylic acids is 1. The Labute approximate surface area is 197 Å². The predicted molar refractivity (Wildman–Crippen MR) is 125 cm³/mol. The normalized spacial score (nSPS) is 12.4. The summed E-state index contributed by atoms with van der Waals surface area (Å²) in [4.78, 5) is 40.2. The number of amides is 2. The number of rotatable bonds is 7. The van der Waals surface area contributed by atoms with Gasteiger partial charge in [-0.15, -0.1) is 0 Å². The highest BCUT2D eigenvalue weighted by Gasteiger charge is 2.30. The first-order valence-corrected chi connectivity index (χ1v) is 10.9. The molecule has 174 valence electrons. The number of carboxylic acid groups (broad SMARTS) is 1. The molecular formula is C26H25N3O5. The number of hydrogen-bond acceptors (Lipinski definition) is 5. The Morgan fingerprint density at radius 2 is 1.62 bits per heavy atom. The van der Waals surface area contributed by atoms with Gasteiger partial charge < -0.3 is 20.5 Å². The van der Waals surface area contributed by atoms with Crippen molar-refractivity contribution in [2.75, 3.05) is 6.61 Å². The zero-order valence-electron chi connectivity index (χ0n) is 18.9. The van der Waals surface area contributed by atoms with Crippen LogP contribution in [0, 0.1) is 0 Å². The number of pyridine rings is 1. The Hall–Kier alpha value is -4.20. The van der Waals surface area contributed by atoms with E-state index in [9.17, 15) is 19.5 Å². The molecular weight excluding hydrogens is 434 g/mol. The Morgan fingerprint density at radius 1 is 1.00 bits per heavy atom. The van der Waals surface area contributed by atoms with Gasteiger partial charge in [0, 0.05) is 17.7 Å². The summed E-state index contributed by atoms with van der Waals surface area (Å²) in [6.07, 6.45) is 0.836. The predicted octanol–water partition coefficient (Wildman–Crippen LogP) is 3.71. The van der Waals surface area contributed by atoms with Crippen LogP contribution < -0.4 is 10.6 Å². The molecule has 34 heavy (non-hydrogen) atoms. The first-order valence-electron chi connectivity index (χ1n) is 10.9. The molecule has 1 aliphatic carbocycles. The maximum atomic E-state index is 12.4. The summed E-state index contributed by atoms with van der Waals surface area (Å²) >= 11 is 0. The van der Waals surface area contributed by atoms with Crippen LogP contribution in [0.2, 0.25) is 0 Å². The van der Waals surface area contributed by atoms with Crippen molar-refractivity contribution in [3.8, 4) is 11.1 Å². The van der Waals surface area contributed by atoms with Crippen molar-refractivity contribution in [2.24, 2.45) is 0 Å². The van der Waals surface area contributed by atoms with E-state index in [0.717, 1.165) is 22.3 Å². The monoisotopic (exact) mass is 459 g/mol. The second kappa shape index (κ2) is 9.35. The Kier molecular flexibility index (Phi) is 6.32. The van der Waals surface area contributed by atoms with Crippen molar-refractivity contribution in [3.63, 3.8) is 0 Å². The topological polar surface area (TPSA) is 118 Å². The Morgan fingerprint density at radius 3 is 2.24 bits per heavy atom. The highest BCUT2D eigenvalue weighted by atomic mass is 16.5. The van der Waals surface area contributed by atoms with Gasteiger partial charge >= 0.3 is 12.1 Å². The molecule has 1 aromatic heterocycles. The molecule has 2 aromatic carbocycles. The van der Waals surface area contributed by atoms with Crippen molar-refractivity contribution in [1.82, 2.24) is 15.6 Å². The van der Waals surface area contributed by atoms with Crippen LogP contribution >= 0.6 is 0 Å². The minimum absolute atomic E-state index is 0.0408. The third kappa shape index (κ3) is 4.76. The summed E-state index contributed by atoms with van der Waals surface area (Å²) in [5.41, 5.74) is 3.82. The number of carbonyl (C=O) groups excluding carboxylic acids is 2. The van der Waals surface area contributed by atoms with Crippen molar-refractivity contribution in [1.29, 1.82) is 0 Å². The minimum atomic E-state index is -1.42. The summed E-state index contributed by atoms with van der Waals surface area (Å²) in [5, 5.41) is 14.3. The van der Waals surface area contributed by atoms with Gasteiger partial charge in [-0.25, -0.2) is 9.59 Å². The molecule has 2 amide bonds. The van der Waals surface area contributed by atoms with Gasteiger partial charge in [0.1, 0.15) is 12.1 Å². The molecule has 1 aliphatic rings. The summed E-state index contributed by atoms with van der Waals surface area (Å²) in [5.74, 6) is -1.73. The lowest BCUT2D eigenvalue weighted by atomic mass is 9.98. The van der Waals surface area contributed by atoms with Gasteiger partial charge in [0.05, 0.1) is 12.2 Å². The molecule has 0 spiro atoms. The molecule has 0 saturated heterocycles. The van der Waals surface area contributed by atoms with Crippen molar-refractivity contribution >= 4 is 18.0 Å². The molecule has 3 aromatic rings. The molecule has 0 fully saturated rings. The van der Waals surface area contributed by atoms with E-state index >= 15 is 0 Å². The lowest BCUT2D eigenvalue weighted by Gasteiger charge is -2.21. The van der Waals surface area contributed by atoms with Crippen LogP contribution in [0.1, 0.15) is 46.9 Å². The third-order valence-corrected chi connectivity index (χ3v) is 5.80. The molecule has 0 aliphatic heterocycles. The molecule has 8 nitrogen and oxygen atoms in total. The SMILES string of the molecule is CC(C)(NC(=O)c1ccnc(CNC(=O)OCC2c3ccccc3-c3ccccc32)c1)C(=O)O. The van der Waals surface area contributed by atoms with E-state index in [-0.39, 0.29) is 24.6 Å². The number of hydrogen-bond donors (Lipinski definition) is 3. The van der Waals surface area contributed by atoms with Crippen molar-refractivity contribution in [3.05, 3.63) is 89.2 Å². The van der Waals surface area contributed by atoms with Gasteiger partial charge in [0.2, 0.25) is 0 Å². The fraction of sp³-hybridized carbons (Fsp3) is 0.231. The van der Waals surface area contributed by atoms with Crippen molar-refractivity contribution in [2.45, 2.75) is 31.8 Å². The number of fused-ring (bicyclic) bond motifs is 3. The van der Waals surface area contributed by atoms with Crippen LogP contribution in [0.5, 0.6) is 0 Å². The van der Waals surface area contributed by atoms with Gasteiger partial charge in [-0.05, 0) is 48.2 Å². The minimum Gasteiger partial charge on any atom is -0.480 e. The first-order chi connectivity index (χ1) is 16.3. The third-order valence-electron chi connectivity index (χ3n) is 5.80. The molecule has 3 N–H and O–H groups in total. The van der Waals surface area contributed by atoms with Crippen LogP contribution in [0.15, 0.2) is 66.9 Å². The molecule has 1 heterocycles. The first kappa shape index (κ1) is 23.0. The van der Waals surface area contributed by atoms with Crippen molar-refractivity contribution < 1.29 is 24.2 Å². The highest BCUT2D eigenvalue weighted by molar-refractivity contribution is 5.97. The van der Waals surface area contributed by atoms with E-state index in [2.05, 4.69) is 27.8 Å². The fourth-order valence-electron chi connectivity index (χ4n) is 3.94. The number of ether oxygens (including phenoxy) is 1. The Bertz CT molecular complexity index is 1210. The number of alkyl carbamates (subject to hydrolysis) is 1. The molecule has 0 unspecified atom stereocenters. The summed E-state index contributed by atoms with van der Waals surface area (Å²) < 4.78 is 5.51. The standard InChI is InChI=1S/C26H25N3O5/c1-26(2,24(31)32)29-23(30)16-11-12-27-17(13-16)14-28-25(33)34-15-22-20-9-5-3-7-18(20)19-8-4-6-10-21(19)22/h3-13,22H,14-15H2,1-2H3,(H,28,33)(H,29,30)(H,31,32). The Balaban J connectivity index is 1.35. The quantitative estimate of drug-likeness (QED) is 0.496. The van der Waals surface area contributed by atoms with E-state index < -0.39 is 23.5 Å². The maximum absolute atomic E-state index is 12.4. The number of benzene rings is 2. The molecule has 8 heteroatoms. The average Bonchev–Trinajstić information content (AvgIpc) is 3.15. The zero-order chi connectivity index (χ0) is 24.3. The van der Waals surface area contributed by atoms with Gasteiger partial charge in [0.25, 0.3) is 5.91 Å². The van der Waals surface area contributed by atoms with E-state index in [1.54, 1.807) is 0 Å². The van der Waals surface area contributed by atoms with Gasteiger partial charge in [-0.1, -0.05) is 48.5 Å². The molecule has 0 atom stereocenters. The highest BCUT2D eigenvalue weighted by Crippen LogP contribution is 2.44. The fourth-order valence-corrected chi connectivity index (χ4v) is 3.94. The summed E-state index contributed by atoms with van der Waals surface area (Å²) in [7, 11) is 0. The average molecular weight is 460 g/mol. The van der Waals surface area contributed by atoms with Gasteiger partial charge in [0.15, 0.2) is 0 Å². The zero-order valence-corrected chi connectivity index (χ0v) is 18.9. The van der Waals surface area contributed by atoms with Crippen LogP contribution in [-0.2, 0) is 16.1 Å². The van der Waals surface area contributed by atoms with Crippen LogP contribution in [0.25, 0.3) is 11.1 Å². The number of carboxylic acids is 1. The number of aromatic nitrogens is 1. The van der Waals surface area contributed by atoms with E-state index in [1.807, 2.05) is 36.4 Å². The lowest BCUT2D eigenvalue weighted by Crippen LogP contribution is -2.49. The smallest absolute Gasteiger partial charge is 0.407 e. The number of nitrogens with one attached hydrogen (secondary N) is 2. The molecule has 4 rings (SSSR count). The molecule has 0 bridgehead atoms. The summed E-state index contributed by atoms with van der Waals surface area (Å²) in [6.45, 7) is 3.04. The second-order valence-corrected chi connectivity index (χ2v) is 8.60. The summed E-state index contributed by atoms with van der Waals surface area (Å²) in [6, 6.07) is 19.2. The van der Waals surface area contributed by atoms with E-state index in [1.165, 1.54) is 32.2 Å². The van der Waals surface area contributed by atoms with Gasteiger partial charge in [-0.2, -0.15) is 0 Å². The van der Waals surface area contributed by atoms with E-state index in [4.69, 9.17) is 4.74 Å². The molecule has 0 saturated carbocycles. The van der Waals surface area contributed by atoms with Crippen LogP contribution in [0.3, 0.4) is 0 Å². The number of nitrogens with zero attached hydrogens (tertiary/aromatic N) is 1. The largest absolute Gasteiger partial charge is 0.480 e. The maximum Gasteiger partial charge on any atom is 0.407 e. The second-order valence-electron chi connectivity index (χ2n) is 8.60.